The van der Waals surface area contributed by atoms with E-state index in [9.17, 15) is 0 Å². The van der Waals surface area contributed by atoms with Gasteiger partial charge in [0.25, 0.3) is 0 Å². The van der Waals surface area contributed by atoms with Crippen LogP contribution >= 0.6 is 11.3 Å². The summed E-state index contributed by atoms with van der Waals surface area (Å²) in [5.74, 6) is 0. The molecule has 55 heavy (non-hydrogen) atoms. The minimum absolute atomic E-state index is 0.871. The number of thiophene rings is 1. The number of para-hydroxylation sites is 2. The Bertz CT molecular complexity index is 3210. The fourth-order valence-electron chi connectivity index (χ4n) is 8.09. The third-order valence-corrected chi connectivity index (χ3v) is 12.0. The van der Waals surface area contributed by atoms with Gasteiger partial charge in [-0.15, -0.1) is 11.3 Å². The number of rotatable bonds is 6. The molecule has 0 fully saturated rings. The highest BCUT2D eigenvalue weighted by molar-refractivity contribution is 7.25. The van der Waals surface area contributed by atoms with Crippen LogP contribution in [0, 0.1) is 0 Å². The average molecular weight is 720 g/mol. The average Bonchev–Trinajstić information content (AvgIpc) is 3.83. The van der Waals surface area contributed by atoms with Gasteiger partial charge in [0.1, 0.15) is 5.58 Å². The van der Waals surface area contributed by atoms with Crippen LogP contribution in [0.15, 0.2) is 205 Å². The number of furan rings is 1. The highest BCUT2D eigenvalue weighted by Gasteiger charge is 2.20. The smallest absolute Gasteiger partial charge is 0.159 e. The summed E-state index contributed by atoms with van der Waals surface area (Å²) in [6.07, 6.45) is 0. The Balaban J connectivity index is 0.989. The summed E-state index contributed by atoms with van der Waals surface area (Å²) >= 11 is 1.86. The molecule has 0 saturated heterocycles. The van der Waals surface area contributed by atoms with E-state index in [0.29, 0.717) is 0 Å². The molecule has 11 aromatic rings. The first kappa shape index (κ1) is 31.6. The quantitative estimate of drug-likeness (QED) is 0.170. The second-order valence-corrected chi connectivity index (χ2v) is 15.2. The first-order chi connectivity index (χ1) is 27.2. The molecule has 0 aliphatic heterocycles. The molecule has 0 saturated carbocycles. The van der Waals surface area contributed by atoms with Crippen LogP contribution in [0.2, 0.25) is 0 Å². The first-order valence-corrected chi connectivity index (χ1v) is 19.5. The van der Waals surface area contributed by atoms with Gasteiger partial charge in [0.2, 0.25) is 0 Å². The van der Waals surface area contributed by atoms with Crippen LogP contribution < -0.4 is 4.90 Å². The number of hydrogen-bond donors (Lipinski definition) is 0. The Morgan fingerprint density at radius 3 is 1.71 bits per heavy atom. The molecule has 0 aliphatic rings. The molecule has 0 atom stereocenters. The largest absolute Gasteiger partial charge is 0.454 e. The molecule has 2 aromatic heterocycles. The lowest BCUT2D eigenvalue weighted by Gasteiger charge is -2.26. The van der Waals surface area contributed by atoms with E-state index in [-0.39, 0.29) is 0 Å². The van der Waals surface area contributed by atoms with Crippen LogP contribution in [-0.4, -0.2) is 0 Å². The molecule has 9 aromatic carbocycles. The summed E-state index contributed by atoms with van der Waals surface area (Å²) in [6.45, 7) is 0. The van der Waals surface area contributed by atoms with Gasteiger partial charge < -0.3 is 9.32 Å². The van der Waals surface area contributed by atoms with Crippen molar-refractivity contribution in [2.75, 3.05) is 4.90 Å². The van der Waals surface area contributed by atoms with Crippen molar-refractivity contribution >= 4 is 81.3 Å². The zero-order valence-corrected chi connectivity index (χ0v) is 30.6. The Hall–Kier alpha value is -6.94. The van der Waals surface area contributed by atoms with E-state index in [1.54, 1.807) is 0 Å². The molecule has 0 amide bonds. The number of fused-ring (bicyclic) bond motifs is 7. The predicted molar refractivity (Wildman–Crippen MR) is 235 cm³/mol. The summed E-state index contributed by atoms with van der Waals surface area (Å²) in [6, 6.07) is 72.2. The van der Waals surface area contributed by atoms with E-state index >= 15 is 0 Å². The van der Waals surface area contributed by atoms with Crippen molar-refractivity contribution in [1.29, 1.82) is 0 Å². The molecule has 0 unspecified atom stereocenters. The van der Waals surface area contributed by atoms with Crippen LogP contribution in [-0.2, 0) is 0 Å². The molecule has 0 aliphatic carbocycles. The minimum atomic E-state index is 0.871. The predicted octanol–water partition coefficient (Wildman–Crippen LogP) is 15.6. The highest BCUT2D eigenvalue weighted by atomic mass is 32.1. The van der Waals surface area contributed by atoms with Crippen LogP contribution in [0.1, 0.15) is 0 Å². The maximum Gasteiger partial charge on any atom is 0.159 e. The van der Waals surface area contributed by atoms with E-state index in [2.05, 4.69) is 193 Å². The molecule has 0 bridgehead atoms. The Morgan fingerprint density at radius 1 is 0.345 bits per heavy atom. The van der Waals surface area contributed by atoms with Crippen molar-refractivity contribution in [3.63, 3.8) is 0 Å². The van der Waals surface area contributed by atoms with Gasteiger partial charge in [-0.05, 0) is 105 Å². The molecule has 2 heterocycles. The van der Waals surface area contributed by atoms with Crippen molar-refractivity contribution in [2.24, 2.45) is 0 Å². The molecule has 11 rings (SSSR count). The number of nitrogens with zero attached hydrogens (tertiary/aromatic N) is 1. The Kier molecular flexibility index (Phi) is 7.39. The Labute approximate surface area is 322 Å². The van der Waals surface area contributed by atoms with Gasteiger partial charge in [0, 0.05) is 42.3 Å². The zero-order valence-electron chi connectivity index (χ0n) is 29.8. The number of anilines is 3. The Morgan fingerprint density at radius 2 is 0.909 bits per heavy atom. The molecule has 0 N–H and O–H groups in total. The molecular formula is C52H33NOS. The van der Waals surface area contributed by atoms with Crippen LogP contribution in [0.25, 0.3) is 86.3 Å². The summed E-state index contributed by atoms with van der Waals surface area (Å²) in [4.78, 5) is 2.32. The van der Waals surface area contributed by atoms with Gasteiger partial charge >= 0.3 is 0 Å². The third-order valence-electron chi connectivity index (χ3n) is 10.9. The van der Waals surface area contributed by atoms with Gasteiger partial charge in [-0.3, -0.25) is 0 Å². The van der Waals surface area contributed by atoms with E-state index in [1.165, 1.54) is 64.3 Å². The molecule has 258 valence electrons. The van der Waals surface area contributed by atoms with Gasteiger partial charge in [-0.2, -0.15) is 0 Å². The van der Waals surface area contributed by atoms with Crippen LogP contribution in [0.3, 0.4) is 0 Å². The van der Waals surface area contributed by atoms with Crippen molar-refractivity contribution in [3.05, 3.63) is 200 Å². The zero-order chi connectivity index (χ0) is 36.3. The molecule has 3 heteroatoms. The van der Waals surface area contributed by atoms with E-state index < -0.39 is 0 Å². The van der Waals surface area contributed by atoms with E-state index in [0.717, 1.165) is 39.0 Å². The van der Waals surface area contributed by atoms with Crippen LogP contribution in [0.5, 0.6) is 0 Å². The second-order valence-electron chi connectivity index (χ2n) is 14.1. The number of benzene rings is 9. The maximum atomic E-state index is 6.60. The third kappa shape index (κ3) is 5.48. The SMILES string of the molecule is c1cc(-c2ccc(N(c3ccc(-c4ccc5c(c4)sc4ccccc45)cc3)c3cccc4c3oc3ccccc34)cc2)cc(-c2ccc3ccccc3c2)c1. The summed E-state index contributed by atoms with van der Waals surface area (Å²) in [7, 11) is 0. The fraction of sp³-hybridized carbons (Fsp3) is 0. The van der Waals surface area contributed by atoms with E-state index in [1.807, 2.05) is 23.5 Å². The van der Waals surface area contributed by atoms with Gasteiger partial charge in [-0.1, -0.05) is 140 Å². The topological polar surface area (TPSA) is 16.4 Å². The van der Waals surface area contributed by atoms with Crippen molar-refractivity contribution < 1.29 is 4.42 Å². The minimum Gasteiger partial charge on any atom is -0.454 e. The lowest BCUT2D eigenvalue weighted by atomic mass is 9.97. The molecule has 0 radical (unpaired) electrons. The standard InChI is InChI=1S/C52H33NOS/c1-2-10-37-32-40(20-19-34(37)9-1)39-12-7-11-38(31-39)35-21-26-42(27-22-35)53(48-16-8-15-47-44-13-3-5-17-49(44)54-52(47)48)43-28-23-36(24-29-43)41-25-30-46-45-14-4-6-18-50(45)55-51(46)33-41/h1-33H. The molecule has 0 spiro atoms. The van der Waals surface area contributed by atoms with E-state index in [4.69, 9.17) is 4.42 Å². The van der Waals surface area contributed by atoms with Crippen molar-refractivity contribution in [1.82, 2.24) is 0 Å². The lowest BCUT2D eigenvalue weighted by molar-refractivity contribution is 0.669. The summed E-state index contributed by atoms with van der Waals surface area (Å²) in [5, 5.41) is 7.36. The van der Waals surface area contributed by atoms with Crippen molar-refractivity contribution in [2.45, 2.75) is 0 Å². The second kappa shape index (κ2) is 12.9. The van der Waals surface area contributed by atoms with Gasteiger partial charge in [0.15, 0.2) is 5.58 Å². The molecule has 2 nitrogen and oxygen atoms in total. The highest BCUT2D eigenvalue weighted by Crippen LogP contribution is 2.43. The number of hydrogen-bond acceptors (Lipinski definition) is 3. The first-order valence-electron chi connectivity index (χ1n) is 18.7. The van der Waals surface area contributed by atoms with Crippen molar-refractivity contribution in [3.8, 4) is 33.4 Å². The normalized spacial score (nSPS) is 11.6. The summed E-state index contributed by atoms with van der Waals surface area (Å²) < 4.78 is 9.23. The summed E-state index contributed by atoms with van der Waals surface area (Å²) in [5.41, 5.74) is 12.0. The van der Waals surface area contributed by atoms with Gasteiger partial charge in [-0.25, -0.2) is 0 Å². The van der Waals surface area contributed by atoms with Gasteiger partial charge in [0.05, 0.1) is 5.69 Å². The monoisotopic (exact) mass is 719 g/mol. The maximum absolute atomic E-state index is 6.60. The van der Waals surface area contributed by atoms with Crippen LogP contribution in [0.4, 0.5) is 17.1 Å². The fourth-order valence-corrected chi connectivity index (χ4v) is 9.24. The lowest BCUT2D eigenvalue weighted by Crippen LogP contribution is -2.10. The molecular weight excluding hydrogens is 687 g/mol.